The van der Waals surface area contributed by atoms with Crippen LogP contribution in [0, 0.1) is 5.82 Å². The van der Waals surface area contributed by atoms with Crippen LogP contribution in [0.3, 0.4) is 0 Å². The highest BCUT2D eigenvalue weighted by Crippen LogP contribution is 2.19. The van der Waals surface area contributed by atoms with E-state index in [9.17, 15) is 4.39 Å². The molecule has 0 unspecified atom stereocenters. The van der Waals surface area contributed by atoms with Gasteiger partial charge in [-0.3, -0.25) is 4.98 Å². The molecule has 1 heterocycles. The van der Waals surface area contributed by atoms with E-state index >= 15 is 0 Å². The van der Waals surface area contributed by atoms with Crippen LogP contribution < -0.4 is 5.32 Å². The van der Waals surface area contributed by atoms with E-state index in [1.807, 2.05) is 12.1 Å². The van der Waals surface area contributed by atoms with Crippen molar-refractivity contribution in [3.63, 3.8) is 0 Å². The number of aromatic nitrogens is 1. The molecule has 1 aromatic heterocycles. The van der Waals surface area contributed by atoms with E-state index in [0.29, 0.717) is 6.04 Å². The number of hydrogen-bond donors (Lipinski definition) is 1. The SMILES string of the molecule is CC(C)NCc1ccc(-c2cncc(F)c2)cc1. The van der Waals surface area contributed by atoms with E-state index in [-0.39, 0.29) is 5.82 Å². The average Bonchev–Trinajstić information content (AvgIpc) is 2.37. The molecule has 2 nitrogen and oxygen atoms in total. The van der Waals surface area contributed by atoms with Gasteiger partial charge in [0.15, 0.2) is 0 Å². The van der Waals surface area contributed by atoms with Crippen LogP contribution in [0.2, 0.25) is 0 Å². The van der Waals surface area contributed by atoms with Crippen molar-refractivity contribution in [2.45, 2.75) is 26.4 Å². The average molecular weight is 244 g/mol. The Morgan fingerprint density at radius 1 is 1.11 bits per heavy atom. The molecule has 1 aromatic carbocycles. The first-order chi connectivity index (χ1) is 8.65. The van der Waals surface area contributed by atoms with Crippen LogP contribution in [0.25, 0.3) is 11.1 Å². The highest BCUT2D eigenvalue weighted by Gasteiger charge is 2.01. The molecule has 0 aliphatic heterocycles. The van der Waals surface area contributed by atoms with Gasteiger partial charge in [0.1, 0.15) is 5.82 Å². The van der Waals surface area contributed by atoms with E-state index in [2.05, 4.69) is 36.3 Å². The summed E-state index contributed by atoms with van der Waals surface area (Å²) in [6.07, 6.45) is 2.88. The summed E-state index contributed by atoms with van der Waals surface area (Å²) in [7, 11) is 0. The summed E-state index contributed by atoms with van der Waals surface area (Å²) in [5, 5.41) is 3.36. The van der Waals surface area contributed by atoms with Gasteiger partial charge in [-0.15, -0.1) is 0 Å². The summed E-state index contributed by atoms with van der Waals surface area (Å²) in [5.74, 6) is -0.307. The molecule has 0 fully saturated rings. The number of nitrogens with zero attached hydrogens (tertiary/aromatic N) is 1. The molecule has 3 heteroatoms. The molecular weight excluding hydrogens is 227 g/mol. The van der Waals surface area contributed by atoms with E-state index in [1.54, 1.807) is 6.20 Å². The Morgan fingerprint density at radius 2 is 1.83 bits per heavy atom. The Bertz CT molecular complexity index is 506. The van der Waals surface area contributed by atoms with Crippen LogP contribution in [0.15, 0.2) is 42.7 Å². The Morgan fingerprint density at radius 3 is 2.44 bits per heavy atom. The Kier molecular flexibility index (Phi) is 4.05. The van der Waals surface area contributed by atoms with Crippen LogP contribution in [0.5, 0.6) is 0 Å². The zero-order chi connectivity index (χ0) is 13.0. The Labute approximate surface area is 107 Å². The molecule has 2 rings (SSSR count). The molecule has 94 valence electrons. The van der Waals surface area contributed by atoms with Crippen LogP contribution in [-0.2, 0) is 6.54 Å². The normalized spacial score (nSPS) is 10.9. The van der Waals surface area contributed by atoms with Crippen molar-refractivity contribution in [1.29, 1.82) is 0 Å². The van der Waals surface area contributed by atoms with Gasteiger partial charge < -0.3 is 5.32 Å². The lowest BCUT2D eigenvalue weighted by Crippen LogP contribution is -2.21. The van der Waals surface area contributed by atoms with Crippen molar-refractivity contribution in [3.8, 4) is 11.1 Å². The summed E-state index contributed by atoms with van der Waals surface area (Å²) in [6.45, 7) is 5.08. The van der Waals surface area contributed by atoms with Gasteiger partial charge in [-0.1, -0.05) is 38.1 Å². The minimum atomic E-state index is -0.307. The lowest BCUT2D eigenvalue weighted by Gasteiger charge is -2.08. The van der Waals surface area contributed by atoms with Gasteiger partial charge in [-0.05, 0) is 17.2 Å². The van der Waals surface area contributed by atoms with Crippen molar-refractivity contribution < 1.29 is 4.39 Å². The second-order valence-electron chi connectivity index (χ2n) is 4.62. The molecule has 2 aromatic rings. The van der Waals surface area contributed by atoms with Crippen molar-refractivity contribution in [2.24, 2.45) is 0 Å². The highest BCUT2D eigenvalue weighted by molar-refractivity contribution is 5.62. The van der Waals surface area contributed by atoms with Gasteiger partial charge in [0, 0.05) is 24.3 Å². The van der Waals surface area contributed by atoms with Gasteiger partial charge >= 0.3 is 0 Å². The minimum Gasteiger partial charge on any atom is -0.310 e. The van der Waals surface area contributed by atoms with Crippen molar-refractivity contribution in [3.05, 3.63) is 54.1 Å². The predicted molar refractivity (Wildman–Crippen MR) is 71.6 cm³/mol. The van der Waals surface area contributed by atoms with Crippen LogP contribution in [0.1, 0.15) is 19.4 Å². The molecule has 0 radical (unpaired) electrons. The Balaban J connectivity index is 2.12. The summed E-state index contributed by atoms with van der Waals surface area (Å²) >= 11 is 0. The number of benzene rings is 1. The molecule has 0 spiro atoms. The summed E-state index contributed by atoms with van der Waals surface area (Å²) < 4.78 is 13.1. The summed E-state index contributed by atoms with van der Waals surface area (Å²) in [4.78, 5) is 3.86. The van der Waals surface area contributed by atoms with Crippen LogP contribution in [-0.4, -0.2) is 11.0 Å². The number of nitrogens with one attached hydrogen (secondary N) is 1. The van der Waals surface area contributed by atoms with Crippen molar-refractivity contribution in [1.82, 2.24) is 10.3 Å². The molecular formula is C15H17FN2. The van der Waals surface area contributed by atoms with Crippen LogP contribution in [0.4, 0.5) is 4.39 Å². The fourth-order valence-corrected chi connectivity index (χ4v) is 1.71. The lowest BCUT2D eigenvalue weighted by molar-refractivity contribution is 0.589. The van der Waals surface area contributed by atoms with E-state index in [0.717, 1.165) is 17.7 Å². The first-order valence-corrected chi connectivity index (χ1v) is 6.08. The molecule has 0 amide bonds. The molecule has 0 bridgehead atoms. The molecule has 0 saturated heterocycles. The fraction of sp³-hybridized carbons (Fsp3) is 0.267. The van der Waals surface area contributed by atoms with Gasteiger partial charge in [0.25, 0.3) is 0 Å². The quantitative estimate of drug-likeness (QED) is 0.891. The lowest BCUT2D eigenvalue weighted by atomic mass is 10.1. The summed E-state index contributed by atoms with van der Waals surface area (Å²) in [5.41, 5.74) is 3.01. The summed E-state index contributed by atoms with van der Waals surface area (Å²) in [6, 6.07) is 10.1. The molecule has 0 saturated carbocycles. The van der Waals surface area contributed by atoms with Crippen LogP contribution >= 0.6 is 0 Å². The van der Waals surface area contributed by atoms with Crippen molar-refractivity contribution in [2.75, 3.05) is 0 Å². The Hall–Kier alpha value is -1.74. The first kappa shape index (κ1) is 12.7. The molecule has 0 aliphatic rings. The van der Waals surface area contributed by atoms with Gasteiger partial charge in [-0.2, -0.15) is 0 Å². The number of pyridine rings is 1. The van der Waals surface area contributed by atoms with E-state index < -0.39 is 0 Å². The number of rotatable bonds is 4. The second kappa shape index (κ2) is 5.74. The smallest absolute Gasteiger partial charge is 0.142 e. The third-order valence-corrected chi connectivity index (χ3v) is 2.71. The van der Waals surface area contributed by atoms with E-state index in [4.69, 9.17) is 0 Å². The highest BCUT2D eigenvalue weighted by atomic mass is 19.1. The maximum absolute atomic E-state index is 13.1. The van der Waals surface area contributed by atoms with Gasteiger partial charge in [-0.25, -0.2) is 4.39 Å². The largest absolute Gasteiger partial charge is 0.310 e. The molecule has 1 N–H and O–H groups in total. The zero-order valence-corrected chi connectivity index (χ0v) is 10.7. The number of hydrogen-bond acceptors (Lipinski definition) is 2. The second-order valence-corrected chi connectivity index (χ2v) is 4.62. The standard InChI is InChI=1S/C15H17FN2/c1-11(2)18-8-12-3-5-13(6-4-12)14-7-15(16)10-17-9-14/h3-7,9-11,18H,8H2,1-2H3. The predicted octanol–water partition coefficient (Wildman–Crippen LogP) is 3.39. The van der Waals surface area contributed by atoms with Crippen molar-refractivity contribution >= 4 is 0 Å². The first-order valence-electron chi connectivity index (χ1n) is 6.08. The topological polar surface area (TPSA) is 24.9 Å². The molecule has 0 aliphatic carbocycles. The monoisotopic (exact) mass is 244 g/mol. The number of halogens is 1. The maximum atomic E-state index is 13.1. The fourth-order valence-electron chi connectivity index (χ4n) is 1.71. The third-order valence-electron chi connectivity index (χ3n) is 2.71. The van der Waals surface area contributed by atoms with Gasteiger partial charge in [0.2, 0.25) is 0 Å². The molecule has 18 heavy (non-hydrogen) atoms. The minimum absolute atomic E-state index is 0.307. The third kappa shape index (κ3) is 3.37. The van der Waals surface area contributed by atoms with Gasteiger partial charge in [0.05, 0.1) is 6.20 Å². The molecule has 0 atom stereocenters. The zero-order valence-electron chi connectivity index (χ0n) is 10.7. The maximum Gasteiger partial charge on any atom is 0.142 e. The van der Waals surface area contributed by atoms with E-state index in [1.165, 1.54) is 17.8 Å².